The molecule has 1 amide bonds. The van der Waals surface area contributed by atoms with E-state index in [0.717, 1.165) is 5.69 Å². The van der Waals surface area contributed by atoms with Crippen LogP contribution in [0.25, 0.3) is 0 Å². The Morgan fingerprint density at radius 1 is 1.48 bits per heavy atom. The van der Waals surface area contributed by atoms with Crippen molar-refractivity contribution in [3.63, 3.8) is 0 Å². The number of carbonyl (C=O) groups excluding carboxylic acids is 2. The van der Waals surface area contributed by atoms with Gasteiger partial charge in [-0.2, -0.15) is 5.10 Å². The van der Waals surface area contributed by atoms with E-state index in [1.807, 2.05) is 25.8 Å². The summed E-state index contributed by atoms with van der Waals surface area (Å²) in [6.07, 6.45) is 1.50. The number of aromatic nitrogens is 2. The number of esters is 1. The highest BCUT2D eigenvalue weighted by atomic mass is 16.5. The number of hydrogen-bond donors (Lipinski definition) is 1. The summed E-state index contributed by atoms with van der Waals surface area (Å²) in [7, 11) is 3.59. The smallest absolute Gasteiger partial charge is 0.341 e. The topological polar surface area (TPSA) is 76.5 Å². The Bertz CT molecular complexity index is 496. The first-order chi connectivity index (χ1) is 9.85. The van der Waals surface area contributed by atoms with Crippen molar-refractivity contribution in [3.05, 3.63) is 17.5 Å². The quantitative estimate of drug-likeness (QED) is 0.744. The molecule has 0 bridgehead atoms. The molecule has 0 radical (unpaired) electrons. The first-order valence-electron chi connectivity index (χ1n) is 7.01. The normalized spacial score (nSPS) is 11.0. The Kier molecular flexibility index (Phi) is 6.36. The van der Waals surface area contributed by atoms with E-state index in [9.17, 15) is 9.59 Å². The number of aryl methyl sites for hydroxylation is 1. The van der Waals surface area contributed by atoms with E-state index in [2.05, 4.69) is 10.4 Å². The molecule has 118 valence electrons. The Hall–Kier alpha value is -1.89. The van der Waals surface area contributed by atoms with Gasteiger partial charge >= 0.3 is 5.97 Å². The molecule has 1 aromatic rings. The van der Waals surface area contributed by atoms with Gasteiger partial charge < -0.3 is 10.1 Å². The molecule has 0 atom stereocenters. The van der Waals surface area contributed by atoms with Gasteiger partial charge in [0.15, 0.2) is 0 Å². The SMILES string of the molecule is CCOC(=O)c1cnn(C)c1CN(C)CC(=O)NC(C)C. The lowest BCUT2D eigenvalue weighted by Gasteiger charge is -2.18. The molecule has 1 N–H and O–H groups in total. The van der Waals surface area contributed by atoms with Gasteiger partial charge in [0.05, 0.1) is 25.0 Å². The van der Waals surface area contributed by atoms with Gasteiger partial charge in [0.2, 0.25) is 5.91 Å². The molecule has 0 spiro atoms. The summed E-state index contributed by atoms with van der Waals surface area (Å²) < 4.78 is 6.64. The van der Waals surface area contributed by atoms with Crippen molar-refractivity contribution < 1.29 is 14.3 Å². The minimum absolute atomic E-state index is 0.0487. The lowest BCUT2D eigenvalue weighted by molar-refractivity contribution is -0.122. The van der Waals surface area contributed by atoms with E-state index in [1.165, 1.54) is 6.20 Å². The van der Waals surface area contributed by atoms with E-state index in [1.54, 1.807) is 18.7 Å². The molecule has 0 aliphatic heterocycles. The molecule has 0 saturated heterocycles. The van der Waals surface area contributed by atoms with Crippen molar-refractivity contribution in [1.29, 1.82) is 0 Å². The maximum atomic E-state index is 11.9. The molecule has 1 heterocycles. The van der Waals surface area contributed by atoms with E-state index >= 15 is 0 Å². The number of likely N-dealkylation sites (N-methyl/N-ethyl adjacent to an activating group) is 1. The van der Waals surface area contributed by atoms with Crippen LogP contribution in [0.15, 0.2) is 6.20 Å². The number of ether oxygens (including phenoxy) is 1. The summed E-state index contributed by atoms with van der Waals surface area (Å²) in [6.45, 7) is 6.60. The molecule has 0 fully saturated rings. The van der Waals surface area contributed by atoms with Crippen molar-refractivity contribution in [3.8, 4) is 0 Å². The highest BCUT2D eigenvalue weighted by molar-refractivity contribution is 5.90. The molecule has 0 unspecified atom stereocenters. The minimum atomic E-state index is -0.388. The molecule has 0 aliphatic rings. The van der Waals surface area contributed by atoms with Crippen LogP contribution in [-0.2, 0) is 23.1 Å². The largest absolute Gasteiger partial charge is 0.462 e. The minimum Gasteiger partial charge on any atom is -0.462 e. The Labute approximate surface area is 125 Å². The number of carbonyl (C=O) groups is 2. The molecular formula is C14H24N4O3. The predicted octanol–water partition coefficient (Wildman–Crippen LogP) is 0.553. The fourth-order valence-electron chi connectivity index (χ4n) is 1.95. The van der Waals surface area contributed by atoms with E-state index in [-0.39, 0.29) is 24.5 Å². The van der Waals surface area contributed by atoms with Crippen LogP contribution in [0.4, 0.5) is 0 Å². The van der Waals surface area contributed by atoms with Gasteiger partial charge in [-0.25, -0.2) is 4.79 Å². The zero-order valence-electron chi connectivity index (χ0n) is 13.3. The molecule has 0 aliphatic carbocycles. The van der Waals surface area contributed by atoms with Crippen LogP contribution in [0.2, 0.25) is 0 Å². The number of rotatable bonds is 7. The fourth-order valence-corrected chi connectivity index (χ4v) is 1.95. The molecule has 0 saturated carbocycles. The first-order valence-corrected chi connectivity index (χ1v) is 7.01. The van der Waals surface area contributed by atoms with Gasteiger partial charge in [0.1, 0.15) is 5.56 Å². The molecule has 0 aromatic carbocycles. The van der Waals surface area contributed by atoms with E-state index in [4.69, 9.17) is 4.74 Å². The van der Waals surface area contributed by atoms with Crippen LogP contribution in [-0.4, -0.2) is 52.8 Å². The van der Waals surface area contributed by atoms with Crippen molar-refractivity contribution in [2.24, 2.45) is 7.05 Å². The van der Waals surface area contributed by atoms with Crippen molar-refractivity contribution in [1.82, 2.24) is 20.0 Å². The van der Waals surface area contributed by atoms with Gasteiger partial charge in [-0.15, -0.1) is 0 Å². The van der Waals surface area contributed by atoms with Crippen LogP contribution < -0.4 is 5.32 Å². The maximum absolute atomic E-state index is 11.9. The monoisotopic (exact) mass is 296 g/mol. The summed E-state index contributed by atoms with van der Waals surface area (Å²) in [6, 6.07) is 0.109. The number of nitrogens with zero attached hydrogens (tertiary/aromatic N) is 3. The summed E-state index contributed by atoms with van der Waals surface area (Å²) >= 11 is 0. The van der Waals surface area contributed by atoms with Crippen LogP contribution in [0, 0.1) is 0 Å². The summed E-state index contributed by atoms with van der Waals surface area (Å²) in [5, 5.41) is 6.92. The predicted molar refractivity (Wildman–Crippen MR) is 78.8 cm³/mol. The fraction of sp³-hybridized carbons (Fsp3) is 0.643. The molecule has 7 nitrogen and oxygen atoms in total. The lowest BCUT2D eigenvalue weighted by Crippen LogP contribution is -2.38. The van der Waals surface area contributed by atoms with Crippen molar-refractivity contribution in [2.45, 2.75) is 33.4 Å². The Balaban J connectivity index is 2.71. The first kappa shape index (κ1) is 17.2. The molecular weight excluding hydrogens is 272 g/mol. The average molecular weight is 296 g/mol. The van der Waals surface area contributed by atoms with Crippen molar-refractivity contribution in [2.75, 3.05) is 20.2 Å². The van der Waals surface area contributed by atoms with Crippen LogP contribution in [0.1, 0.15) is 36.8 Å². The third-order valence-corrected chi connectivity index (χ3v) is 2.84. The third-order valence-electron chi connectivity index (χ3n) is 2.84. The zero-order chi connectivity index (χ0) is 16.0. The van der Waals surface area contributed by atoms with Crippen LogP contribution in [0.5, 0.6) is 0 Å². The Morgan fingerprint density at radius 2 is 2.14 bits per heavy atom. The van der Waals surface area contributed by atoms with Gasteiger partial charge in [-0.1, -0.05) is 0 Å². The number of hydrogen-bond acceptors (Lipinski definition) is 5. The molecule has 7 heteroatoms. The second-order valence-corrected chi connectivity index (χ2v) is 5.24. The molecule has 1 aromatic heterocycles. The van der Waals surface area contributed by atoms with Gasteiger partial charge in [0.25, 0.3) is 0 Å². The van der Waals surface area contributed by atoms with E-state index in [0.29, 0.717) is 18.7 Å². The Morgan fingerprint density at radius 3 is 2.71 bits per heavy atom. The third kappa shape index (κ3) is 5.18. The number of nitrogens with one attached hydrogen (secondary N) is 1. The lowest BCUT2D eigenvalue weighted by atomic mass is 10.2. The highest BCUT2D eigenvalue weighted by Gasteiger charge is 2.19. The summed E-state index contributed by atoms with van der Waals surface area (Å²) in [5.74, 6) is -0.437. The summed E-state index contributed by atoms with van der Waals surface area (Å²) in [4.78, 5) is 25.4. The highest BCUT2D eigenvalue weighted by Crippen LogP contribution is 2.11. The average Bonchev–Trinajstić information content (AvgIpc) is 2.70. The summed E-state index contributed by atoms with van der Waals surface area (Å²) in [5.41, 5.74) is 1.17. The maximum Gasteiger partial charge on any atom is 0.341 e. The number of amides is 1. The van der Waals surface area contributed by atoms with E-state index < -0.39 is 0 Å². The van der Waals surface area contributed by atoms with Gasteiger partial charge in [-0.3, -0.25) is 14.4 Å². The molecule has 21 heavy (non-hydrogen) atoms. The van der Waals surface area contributed by atoms with Gasteiger partial charge in [-0.05, 0) is 27.8 Å². The standard InChI is InChI=1S/C14H24N4O3/c1-6-21-14(20)11-7-15-18(5)12(11)8-17(4)9-13(19)16-10(2)3/h7,10H,6,8-9H2,1-5H3,(H,16,19). The van der Waals surface area contributed by atoms with Crippen LogP contribution >= 0.6 is 0 Å². The van der Waals surface area contributed by atoms with Crippen molar-refractivity contribution >= 4 is 11.9 Å². The molecule has 1 rings (SSSR count). The second kappa shape index (κ2) is 7.78. The van der Waals surface area contributed by atoms with Crippen LogP contribution in [0.3, 0.4) is 0 Å². The second-order valence-electron chi connectivity index (χ2n) is 5.24. The zero-order valence-corrected chi connectivity index (χ0v) is 13.3. The van der Waals surface area contributed by atoms with Gasteiger partial charge in [0, 0.05) is 19.6 Å².